The molecule has 1 unspecified atom stereocenters. The Kier molecular flexibility index (Phi) is 7.34. The summed E-state index contributed by atoms with van der Waals surface area (Å²) in [4.78, 5) is 42.5. The standard InChI is InChI=1S/C24H34FN3O3/c1-4-5-15-24(18-11-13-19(25)14-12-18)22(30)27(23(31)26-24)16-21(29)28(17(2)3)20-9-7-6-8-10-20/h11-14,17,20H,4-10,15-16H2,1-3H3,(H,26,31). The van der Waals surface area contributed by atoms with Crippen LogP contribution in [0.15, 0.2) is 24.3 Å². The van der Waals surface area contributed by atoms with Crippen molar-refractivity contribution < 1.29 is 18.8 Å². The highest BCUT2D eigenvalue weighted by Gasteiger charge is 2.52. The molecule has 1 aromatic carbocycles. The zero-order chi connectivity index (χ0) is 22.6. The van der Waals surface area contributed by atoms with E-state index in [1.807, 2.05) is 25.7 Å². The van der Waals surface area contributed by atoms with Crippen LogP contribution in [0.4, 0.5) is 9.18 Å². The van der Waals surface area contributed by atoms with Crippen molar-refractivity contribution in [1.82, 2.24) is 15.1 Å². The fourth-order valence-electron chi connectivity index (χ4n) is 4.94. The van der Waals surface area contributed by atoms with E-state index in [9.17, 15) is 18.8 Å². The molecule has 1 atom stereocenters. The Balaban J connectivity index is 1.84. The Morgan fingerprint density at radius 3 is 2.42 bits per heavy atom. The normalized spacial score (nSPS) is 22.2. The van der Waals surface area contributed by atoms with Gasteiger partial charge < -0.3 is 10.2 Å². The zero-order valence-electron chi connectivity index (χ0n) is 18.8. The molecular formula is C24H34FN3O3. The number of rotatable bonds is 8. The molecule has 7 heteroatoms. The molecular weight excluding hydrogens is 397 g/mol. The first-order valence-corrected chi connectivity index (χ1v) is 11.5. The van der Waals surface area contributed by atoms with Gasteiger partial charge >= 0.3 is 6.03 Å². The summed E-state index contributed by atoms with van der Waals surface area (Å²) in [7, 11) is 0. The van der Waals surface area contributed by atoms with Crippen molar-refractivity contribution >= 4 is 17.8 Å². The SMILES string of the molecule is CCCCC1(c2ccc(F)cc2)NC(=O)N(CC(=O)N(C(C)C)C2CCCCC2)C1=O. The summed E-state index contributed by atoms with van der Waals surface area (Å²) < 4.78 is 13.5. The molecule has 0 bridgehead atoms. The molecule has 0 spiro atoms. The predicted molar refractivity (Wildman–Crippen MR) is 117 cm³/mol. The lowest BCUT2D eigenvalue weighted by atomic mass is 9.84. The Hall–Kier alpha value is -2.44. The number of unbranched alkanes of at least 4 members (excludes halogenated alkanes) is 1. The molecule has 1 saturated heterocycles. The molecule has 3 rings (SSSR count). The van der Waals surface area contributed by atoms with Gasteiger partial charge in [-0.2, -0.15) is 0 Å². The van der Waals surface area contributed by atoms with Crippen molar-refractivity contribution in [2.24, 2.45) is 0 Å². The molecule has 1 aromatic rings. The van der Waals surface area contributed by atoms with Crippen LogP contribution in [-0.2, 0) is 15.1 Å². The van der Waals surface area contributed by atoms with Crippen molar-refractivity contribution in [2.45, 2.75) is 89.8 Å². The van der Waals surface area contributed by atoms with Gasteiger partial charge in [0.15, 0.2) is 0 Å². The molecule has 0 aromatic heterocycles. The maximum Gasteiger partial charge on any atom is 0.325 e. The third kappa shape index (κ3) is 4.75. The molecule has 4 amide bonds. The molecule has 0 radical (unpaired) electrons. The fraction of sp³-hybridized carbons (Fsp3) is 0.625. The average molecular weight is 432 g/mol. The lowest BCUT2D eigenvalue weighted by molar-refractivity contribution is -0.142. The number of halogens is 1. The van der Waals surface area contributed by atoms with Gasteiger partial charge in [-0.25, -0.2) is 9.18 Å². The molecule has 31 heavy (non-hydrogen) atoms. The van der Waals surface area contributed by atoms with Gasteiger partial charge in [-0.1, -0.05) is 51.2 Å². The van der Waals surface area contributed by atoms with E-state index in [1.54, 1.807) is 0 Å². The number of carbonyl (C=O) groups excluding carboxylic acids is 3. The predicted octanol–water partition coefficient (Wildman–Crippen LogP) is 4.33. The number of carbonyl (C=O) groups is 3. The maximum atomic E-state index is 13.5. The van der Waals surface area contributed by atoms with Crippen LogP contribution in [0, 0.1) is 5.82 Å². The third-order valence-corrected chi connectivity index (χ3v) is 6.52. The van der Waals surface area contributed by atoms with Gasteiger partial charge in [-0.3, -0.25) is 14.5 Å². The third-order valence-electron chi connectivity index (χ3n) is 6.52. The van der Waals surface area contributed by atoms with Crippen molar-refractivity contribution in [2.75, 3.05) is 6.54 Å². The molecule has 2 aliphatic rings. The van der Waals surface area contributed by atoms with Crippen LogP contribution >= 0.6 is 0 Å². The summed E-state index contributed by atoms with van der Waals surface area (Å²) in [5, 5.41) is 2.84. The summed E-state index contributed by atoms with van der Waals surface area (Å²) in [5.74, 6) is -1.03. The summed E-state index contributed by atoms with van der Waals surface area (Å²) in [5.41, 5.74) is -0.710. The quantitative estimate of drug-likeness (QED) is 0.623. The van der Waals surface area contributed by atoms with Gasteiger partial charge in [-0.15, -0.1) is 0 Å². The number of urea groups is 1. The van der Waals surface area contributed by atoms with Crippen LogP contribution in [0.2, 0.25) is 0 Å². The van der Waals surface area contributed by atoms with E-state index in [-0.39, 0.29) is 24.5 Å². The topological polar surface area (TPSA) is 69.7 Å². The van der Waals surface area contributed by atoms with E-state index in [2.05, 4.69) is 5.32 Å². The minimum absolute atomic E-state index is 0.00156. The van der Waals surface area contributed by atoms with Crippen LogP contribution in [0.5, 0.6) is 0 Å². The second kappa shape index (κ2) is 9.79. The second-order valence-electron chi connectivity index (χ2n) is 9.02. The number of hydrogen-bond donors (Lipinski definition) is 1. The van der Waals surface area contributed by atoms with Gasteiger partial charge in [0.05, 0.1) is 0 Å². The zero-order valence-corrected chi connectivity index (χ0v) is 18.8. The first-order valence-electron chi connectivity index (χ1n) is 11.5. The van der Waals surface area contributed by atoms with E-state index < -0.39 is 23.3 Å². The Bertz CT molecular complexity index is 805. The number of imide groups is 1. The van der Waals surface area contributed by atoms with Gasteiger partial charge in [0.1, 0.15) is 17.9 Å². The first-order chi connectivity index (χ1) is 14.8. The van der Waals surface area contributed by atoms with Crippen LogP contribution in [0.3, 0.4) is 0 Å². The van der Waals surface area contributed by atoms with Crippen LogP contribution in [0.25, 0.3) is 0 Å². The largest absolute Gasteiger partial charge is 0.336 e. The lowest BCUT2D eigenvalue weighted by Crippen LogP contribution is -2.51. The number of hydrogen-bond acceptors (Lipinski definition) is 3. The average Bonchev–Trinajstić information content (AvgIpc) is 2.98. The highest BCUT2D eigenvalue weighted by molar-refractivity contribution is 6.09. The smallest absolute Gasteiger partial charge is 0.325 e. The van der Waals surface area contributed by atoms with Crippen LogP contribution < -0.4 is 5.32 Å². The molecule has 1 aliphatic heterocycles. The van der Waals surface area contributed by atoms with Crippen molar-refractivity contribution in [1.29, 1.82) is 0 Å². The molecule has 1 N–H and O–H groups in total. The summed E-state index contributed by atoms with van der Waals surface area (Å²) in [6.07, 6.45) is 7.24. The van der Waals surface area contributed by atoms with Gasteiger partial charge in [0, 0.05) is 12.1 Å². The summed E-state index contributed by atoms with van der Waals surface area (Å²) in [6, 6.07) is 5.25. The monoisotopic (exact) mass is 431 g/mol. The summed E-state index contributed by atoms with van der Waals surface area (Å²) >= 11 is 0. The number of nitrogens with zero attached hydrogens (tertiary/aromatic N) is 2. The van der Waals surface area contributed by atoms with Gasteiger partial charge in [0.2, 0.25) is 5.91 Å². The molecule has 2 fully saturated rings. The lowest BCUT2D eigenvalue weighted by Gasteiger charge is -2.38. The number of amides is 4. The maximum absolute atomic E-state index is 13.5. The van der Waals surface area contributed by atoms with E-state index in [0.717, 1.165) is 37.0 Å². The first kappa shape index (κ1) is 23.2. The number of nitrogens with one attached hydrogen (secondary N) is 1. The van der Waals surface area contributed by atoms with E-state index in [1.165, 1.54) is 30.7 Å². The van der Waals surface area contributed by atoms with E-state index >= 15 is 0 Å². The van der Waals surface area contributed by atoms with E-state index in [4.69, 9.17) is 0 Å². The highest BCUT2D eigenvalue weighted by atomic mass is 19.1. The minimum atomic E-state index is -1.26. The minimum Gasteiger partial charge on any atom is -0.336 e. The van der Waals surface area contributed by atoms with Crippen LogP contribution in [0.1, 0.15) is 77.7 Å². The van der Waals surface area contributed by atoms with E-state index in [0.29, 0.717) is 18.4 Å². The second-order valence-corrected chi connectivity index (χ2v) is 9.02. The Morgan fingerprint density at radius 1 is 1.19 bits per heavy atom. The van der Waals surface area contributed by atoms with Crippen molar-refractivity contribution in [3.05, 3.63) is 35.6 Å². The number of benzene rings is 1. The summed E-state index contributed by atoms with van der Waals surface area (Å²) in [6.45, 7) is 5.69. The molecule has 1 heterocycles. The molecule has 170 valence electrons. The van der Waals surface area contributed by atoms with Gasteiger partial charge in [-0.05, 0) is 50.8 Å². The molecule has 1 aliphatic carbocycles. The Morgan fingerprint density at radius 2 is 1.84 bits per heavy atom. The van der Waals surface area contributed by atoms with Crippen molar-refractivity contribution in [3.8, 4) is 0 Å². The Labute approximate surface area is 184 Å². The molecule has 6 nitrogen and oxygen atoms in total. The van der Waals surface area contributed by atoms with Gasteiger partial charge in [0.25, 0.3) is 5.91 Å². The fourth-order valence-corrected chi connectivity index (χ4v) is 4.94. The molecule has 1 saturated carbocycles. The highest BCUT2D eigenvalue weighted by Crippen LogP contribution is 2.34. The van der Waals surface area contributed by atoms with Crippen molar-refractivity contribution in [3.63, 3.8) is 0 Å². The van der Waals surface area contributed by atoms with Crippen LogP contribution in [-0.4, -0.2) is 46.3 Å².